The molecule has 6 nitrogen and oxygen atoms in total. The molecule has 2 saturated heterocycles. The number of aliphatic carboxylic acids is 1. The number of nitrogens with zero attached hydrogens (tertiary/aromatic N) is 2. The van der Waals surface area contributed by atoms with Crippen LogP contribution in [0.2, 0.25) is 0 Å². The van der Waals surface area contributed by atoms with E-state index in [1.54, 1.807) is 16.7 Å². The summed E-state index contributed by atoms with van der Waals surface area (Å²) in [5.41, 5.74) is -0.816. The third kappa shape index (κ3) is 2.83. The van der Waals surface area contributed by atoms with Crippen molar-refractivity contribution < 1.29 is 19.4 Å². The fraction of sp³-hybridized carbons (Fsp3) is 0.846. The maximum Gasteiger partial charge on any atom is 0.320 e. The predicted octanol–water partition coefficient (Wildman–Crippen LogP) is 1.01. The molecular weight excluding hydrogens is 248 g/mol. The molecular formula is C13H22N2O4. The molecule has 2 rings (SSSR count). The zero-order valence-electron chi connectivity index (χ0n) is 11.6. The largest absolute Gasteiger partial charge is 0.481 e. The van der Waals surface area contributed by atoms with Crippen molar-refractivity contribution in [3.8, 4) is 0 Å². The number of carboxylic acids is 1. The molecule has 0 bridgehead atoms. The minimum Gasteiger partial charge on any atom is -0.481 e. The highest BCUT2D eigenvalue weighted by Gasteiger charge is 2.41. The zero-order chi connectivity index (χ0) is 14.0. The van der Waals surface area contributed by atoms with Crippen LogP contribution in [-0.2, 0) is 9.53 Å². The van der Waals surface area contributed by atoms with Gasteiger partial charge in [-0.15, -0.1) is 0 Å². The lowest BCUT2D eigenvalue weighted by Crippen LogP contribution is -2.56. The van der Waals surface area contributed by atoms with Crippen LogP contribution in [0.1, 0.15) is 26.7 Å². The number of amides is 2. The molecule has 0 aromatic carbocycles. The van der Waals surface area contributed by atoms with Crippen molar-refractivity contribution in [3.05, 3.63) is 0 Å². The molecule has 2 unspecified atom stereocenters. The van der Waals surface area contributed by atoms with Gasteiger partial charge < -0.3 is 19.6 Å². The van der Waals surface area contributed by atoms with E-state index in [0.717, 1.165) is 6.42 Å². The Bertz CT molecular complexity index is 374. The van der Waals surface area contributed by atoms with Gasteiger partial charge in [-0.1, -0.05) is 0 Å². The van der Waals surface area contributed by atoms with Gasteiger partial charge in [0.1, 0.15) is 0 Å². The number of hydrogen-bond donors (Lipinski definition) is 1. The number of rotatable bonds is 1. The maximum atomic E-state index is 12.5. The molecule has 0 radical (unpaired) electrons. The summed E-state index contributed by atoms with van der Waals surface area (Å²) in [6, 6.07) is 0.00207. The van der Waals surface area contributed by atoms with Crippen LogP contribution in [0.15, 0.2) is 0 Å². The first-order valence-electron chi connectivity index (χ1n) is 6.81. The van der Waals surface area contributed by atoms with Crippen molar-refractivity contribution in [2.45, 2.75) is 32.7 Å². The van der Waals surface area contributed by atoms with Crippen LogP contribution in [0, 0.1) is 5.41 Å². The van der Waals surface area contributed by atoms with E-state index in [2.05, 4.69) is 0 Å². The molecule has 1 N–H and O–H groups in total. The second kappa shape index (κ2) is 5.36. The smallest absolute Gasteiger partial charge is 0.320 e. The Morgan fingerprint density at radius 1 is 1.37 bits per heavy atom. The van der Waals surface area contributed by atoms with Crippen LogP contribution in [-0.4, -0.2) is 65.8 Å². The average Bonchev–Trinajstić information content (AvgIpc) is 2.38. The zero-order valence-corrected chi connectivity index (χ0v) is 11.6. The van der Waals surface area contributed by atoms with E-state index in [1.165, 1.54) is 0 Å². The Balaban J connectivity index is 2.04. The van der Waals surface area contributed by atoms with Gasteiger partial charge in [0, 0.05) is 19.6 Å². The van der Waals surface area contributed by atoms with Gasteiger partial charge in [0.15, 0.2) is 0 Å². The van der Waals surface area contributed by atoms with Gasteiger partial charge in [-0.25, -0.2) is 4.79 Å². The molecule has 2 atom stereocenters. The first-order valence-corrected chi connectivity index (χ1v) is 6.81. The fourth-order valence-corrected chi connectivity index (χ4v) is 2.77. The molecule has 0 aliphatic carbocycles. The Morgan fingerprint density at radius 3 is 2.74 bits per heavy atom. The van der Waals surface area contributed by atoms with Crippen LogP contribution < -0.4 is 0 Å². The first-order chi connectivity index (χ1) is 8.94. The Kier molecular flexibility index (Phi) is 3.99. The lowest BCUT2D eigenvalue weighted by molar-refractivity contribution is -0.150. The number of likely N-dealkylation sites (tertiary alicyclic amines) is 1. The van der Waals surface area contributed by atoms with E-state index < -0.39 is 11.4 Å². The van der Waals surface area contributed by atoms with Crippen molar-refractivity contribution in [3.63, 3.8) is 0 Å². The molecule has 0 saturated carbocycles. The number of hydrogen-bond acceptors (Lipinski definition) is 3. The van der Waals surface area contributed by atoms with Crippen molar-refractivity contribution in [1.29, 1.82) is 0 Å². The van der Waals surface area contributed by atoms with Gasteiger partial charge in [-0.3, -0.25) is 4.79 Å². The highest BCUT2D eigenvalue weighted by Crippen LogP contribution is 2.30. The van der Waals surface area contributed by atoms with Gasteiger partial charge in [-0.05, 0) is 26.7 Å². The van der Waals surface area contributed by atoms with Crippen molar-refractivity contribution >= 4 is 12.0 Å². The predicted molar refractivity (Wildman–Crippen MR) is 68.9 cm³/mol. The highest BCUT2D eigenvalue weighted by molar-refractivity contribution is 5.78. The number of piperidine rings is 1. The molecule has 2 amide bonds. The van der Waals surface area contributed by atoms with Gasteiger partial charge in [0.05, 0.1) is 24.7 Å². The SMILES string of the molecule is CC1COCCN1C(=O)N1CCCC(C)(C(=O)O)C1. The minimum atomic E-state index is -0.819. The number of carbonyl (C=O) groups excluding carboxylic acids is 1. The molecule has 0 spiro atoms. The molecule has 2 fully saturated rings. The molecule has 108 valence electrons. The molecule has 2 heterocycles. The monoisotopic (exact) mass is 270 g/mol. The Hall–Kier alpha value is -1.30. The normalized spacial score (nSPS) is 32.2. The van der Waals surface area contributed by atoms with E-state index in [4.69, 9.17) is 4.74 Å². The number of urea groups is 1. The summed E-state index contributed by atoms with van der Waals surface area (Å²) in [4.78, 5) is 27.3. The standard InChI is InChI=1S/C13H22N2O4/c1-10-8-19-7-6-15(10)12(18)14-5-3-4-13(2,9-14)11(16)17/h10H,3-9H2,1-2H3,(H,16,17). The van der Waals surface area contributed by atoms with Gasteiger partial charge in [-0.2, -0.15) is 0 Å². The topological polar surface area (TPSA) is 70.1 Å². The summed E-state index contributed by atoms with van der Waals surface area (Å²) in [5.74, 6) is -0.819. The third-order valence-electron chi connectivity index (χ3n) is 4.10. The summed E-state index contributed by atoms with van der Waals surface area (Å²) in [6.45, 7) is 6.31. The number of ether oxygens (including phenoxy) is 1. The van der Waals surface area contributed by atoms with Crippen molar-refractivity contribution in [2.24, 2.45) is 5.41 Å². The molecule has 0 aromatic heterocycles. The van der Waals surface area contributed by atoms with Gasteiger partial charge >= 0.3 is 12.0 Å². The summed E-state index contributed by atoms with van der Waals surface area (Å²) in [6.07, 6.45) is 1.37. The lowest BCUT2D eigenvalue weighted by atomic mass is 9.82. The summed E-state index contributed by atoms with van der Waals surface area (Å²) < 4.78 is 5.32. The van der Waals surface area contributed by atoms with Gasteiger partial charge in [0.25, 0.3) is 0 Å². The minimum absolute atomic E-state index is 0.0528. The van der Waals surface area contributed by atoms with E-state index in [0.29, 0.717) is 39.3 Å². The molecule has 0 aromatic rings. The van der Waals surface area contributed by atoms with Crippen molar-refractivity contribution in [1.82, 2.24) is 9.80 Å². The summed E-state index contributed by atoms with van der Waals surface area (Å²) in [7, 11) is 0. The van der Waals surface area contributed by atoms with E-state index in [1.807, 2.05) is 6.92 Å². The number of carboxylic acid groups (broad SMARTS) is 1. The lowest BCUT2D eigenvalue weighted by Gasteiger charge is -2.42. The van der Waals surface area contributed by atoms with Crippen LogP contribution in [0.5, 0.6) is 0 Å². The molecule has 2 aliphatic heterocycles. The molecule has 2 aliphatic rings. The maximum absolute atomic E-state index is 12.5. The third-order valence-corrected chi connectivity index (χ3v) is 4.10. The van der Waals surface area contributed by atoms with Crippen LogP contribution in [0.3, 0.4) is 0 Å². The Labute approximate surface area is 113 Å². The fourth-order valence-electron chi connectivity index (χ4n) is 2.77. The molecule has 19 heavy (non-hydrogen) atoms. The number of morpholine rings is 1. The Morgan fingerprint density at radius 2 is 2.11 bits per heavy atom. The number of carbonyl (C=O) groups is 2. The van der Waals surface area contributed by atoms with E-state index >= 15 is 0 Å². The van der Waals surface area contributed by atoms with Crippen LogP contribution in [0.25, 0.3) is 0 Å². The van der Waals surface area contributed by atoms with Crippen LogP contribution in [0.4, 0.5) is 4.79 Å². The van der Waals surface area contributed by atoms with Crippen LogP contribution >= 0.6 is 0 Å². The second-order valence-electron chi connectivity index (χ2n) is 5.79. The summed E-state index contributed by atoms with van der Waals surface area (Å²) in [5, 5.41) is 9.29. The average molecular weight is 270 g/mol. The summed E-state index contributed by atoms with van der Waals surface area (Å²) >= 11 is 0. The second-order valence-corrected chi connectivity index (χ2v) is 5.79. The van der Waals surface area contributed by atoms with E-state index in [-0.39, 0.29) is 12.1 Å². The quantitative estimate of drug-likeness (QED) is 0.772. The van der Waals surface area contributed by atoms with Crippen molar-refractivity contribution in [2.75, 3.05) is 32.8 Å². The molecule has 6 heteroatoms. The highest BCUT2D eigenvalue weighted by atomic mass is 16.5. The van der Waals surface area contributed by atoms with Gasteiger partial charge in [0.2, 0.25) is 0 Å². The first kappa shape index (κ1) is 14.1. The van der Waals surface area contributed by atoms with E-state index in [9.17, 15) is 14.7 Å².